The van der Waals surface area contributed by atoms with E-state index in [1.54, 1.807) is 13.0 Å². The molecule has 0 saturated heterocycles. The Bertz CT molecular complexity index is 510. The minimum Gasteiger partial charge on any atom is -0.335 e. The van der Waals surface area contributed by atoms with Crippen molar-refractivity contribution in [3.8, 4) is 0 Å². The van der Waals surface area contributed by atoms with Gasteiger partial charge in [-0.3, -0.25) is 4.79 Å². The third-order valence-electron chi connectivity index (χ3n) is 3.47. The summed E-state index contributed by atoms with van der Waals surface area (Å²) in [4.78, 5) is 13.7. The van der Waals surface area contributed by atoms with E-state index in [-0.39, 0.29) is 36.5 Å². The Morgan fingerprint density at radius 3 is 2.52 bits per heavy atom. The molecule has 1 fully saturated rings. The highest BCUT2D eigenvalue weighted by molar-refractivity contribution is 5.77. The van der Waals surface area contributed by atoms with Crippen LogP contribution in [0.2, 0.25) is 0 Å². The van der Waals surface area contributed by atoms with Crippen molar-refractivity contribution < 1.29 is 18.0 Å². The van der Waals surface area contributed by atoms with Gasteiger partial charge in [0.05, 0.1) is 5.56 Å². The Morgan fingerprint density at radius 1 is 1.38 bits per heavy atom. The Morgan fingerprint density at radius 2 is 2.00 bits per heavy atom. The molecule has 116 valence electrons. The van der Waals surface area contributed by atoms with Gasteiger partial charge in [-0.15, -0.1) is 0 Å². The molecule has 1 amide bonds. The molecule has 0 aromatic heterocycles. The summed E-state index contributed by atoms with van der Waals surface area (Å²) in [7, 11) is 0. The number of carbonyl (C=O) groups is 1. The number of benzene rings is 1. The van der Waals surface area contributed by atoms with E-state index in [9.17, 15) is 18.0 Å². The molecule has 21 heavy (non-hydrogen) atoms. The van der Waals surface area contributed by atoms with E-state index in [0.29, 0.717) is 0 Å². The summed E-state index contributed by atoms with van der Waals surface area (Å²) in [5.41, 5.74) is 5.07. The Hall–Kier alpha value is -1.56. The van der Waals surface area contributed by atoms with Crippen molar-refractivity contribution in [1.82, 2.24) is 4.90 Å². The zero-order valence-corrected chi connectivity index (χ0v) is 11.9. The summed E-state index contributed by atoms with van der Waals surface area (Å²) in [6.07, 6.45) is -2.56. The van der Waals surface area contributed by atoms with Gasteiger partial charge in [0.2, 0.25) is 5.91 Å². The van der Waals surface area contributed by atoms with Crippen molar-refractivity contribution in [3.05, 3.63) is 35.4 Å². The predicted octanol–water partition coefficient (Wildman–Crippen LogP) is 2.93. The minimum atomic E-state index is -4.41. The second kappa shape index (κ2) is 6.05. The van der Waals surface area contributed by atoms with Crippen LogP contribution in [-0.2, 0) is 17.5 Å². The summed E-state index contributed by atoms with van der Waals surface area (Å²) < 4.78 is 39.0. The van der Waals surface area contributed by atoms with Gasteiger partial charge in [0, 0.05) is 25.0 Å². The highest BCUT2D eigenvalue weighted by Gasteiger charge is 2.36. The average Bonchev–Trinajstić information content (AvgIpc) is 3.18. The summed E-state index contributed by atoms with van der Waals surface area (Å²) in [5.74, 6) is -0.176. The van der Waals surface area contributed by atoms with Gasteiger partial charge in [-0.25, -0.2) is 0 Å². The molecule has 0 spiro atoms. The van der Waals surface area contributed by atoms with Gasteiger partial charge in [0.25, 0.3) is 0 Å². The van der Waals surface area contributed by atoms with E-state index in [1.807, 2.05) is 0 Å². The zero-order valence-electron chi connectivity index (χ0n) is 11.9. The maximum atomic E-state index is 13.0. The Labute approximate surface area is 121 Å². The lowest BCUT2D eigenvalue weighted by molar-refractivity contribution is -0.140. The molecule has 6 heteroatoms. The molecular formula is C15H19F3N2O. The SMILES string of the molecule is CC(N)CC(=O)N(Cc1ccccc1C(F)(F)F)C1CC1. The molecule has 2 N–H and O–H groups in total. The lowest BCUT2D eigenvalue weighted by Gasteiger charge is -2.25. The fourth-order valence-corrected chi connectivity index (χ4v) is 2.32. The molecule has 1 aliphatic rings. The van der Waals surface area contributed by atoms with Gasteiger partial charge in [-0.05, 0) is 31.4 Å². The van der Waals surface area contributed by atoms with Crippen molar-refractivity contribution in [2.45, 2.75) is 51.0 Å². The number of hydrogen-bond donors (Lipinski definition) is 1. The highest BCUT2D eigenvalue weighted by Crippen LogP contribution is 2.35. The van der Waals surface area contributed by atoms with Crippen molar-refractivity contribution in [3.63, 3.8) is 0 Å². The van der Waals surface area contributed by atoms with Crippen molar-refractivity contribution in [2.75, 3.05) is 0 Å². The van der Waals surface area contributed by atoms with E-state index in [4.69, 9.17) is 5.73 Å². The minimum absolute atomic E-state index is 0.00803. The fraction of sp³-hybridized carbons (Fsp3) is 0.533. The third kappa shape index (κ3) is 4.20. The molecule has 0 heterocycles. The first-order valence-corrected chi connectivity index (χ1v) is 6.99. The number of amides is 1. The second-order valence-electron chi connectivity index (χ2n) is 5.59. The zero-order chi connectivity index (χ0) is 15.6. The van der Waals surface area contributed by atoms with Crippen LogP contribution in [-0.4, -0.2) is 22.9 Å². The molecule has 0 radical (unpaired) electrons. The van der Waals surface area contributed by atoms with Gasteiger partial charge in [-0.2, -0.15) is 13.2 Å². The van der Waals surface area contributed by atoms with Gasteiger partial charge in [-0.1, -0.05) is 18.2 Å². The summed E-state index contributed by atoms with van der Waals surface area (Å²) in [6, 6.07) is 5.16. The van der Waals surface area contributed by atoms with E-state index in [2.05, 4.69) is 0 Å². The number of alkyl halides is 3. The fourth-order valence-electron chi connectivity index (χ4n) is 2.32. The summed E-state index contributed by atoms with van der Waals surface area (Å²) >= 11 is 0. The number of carbonyl (C=O) groups excluding carboxylic acids is 1. The maximum absolute atomic E-state index is 13.0. The monoisotopic (exact) mass is 300 g/mol. The lowest BCUT2D eigenvalue weighted by atomic mass is 10.1. The molecule has 1 aromatic carbocycles. The molecule has 0 bridgehead atoms. The van der Waals surface area contributed by atoms with Crippen molar-refractivity contribution in [2.24, 2.45) is 5.73 Å². The van der Waals surface area contributed by atoms with E-state index in [0.717, 1.165) is 18.9 Å². The molecule has 1 aromatic rings. The first-order valence-electron chi connectivity index (χ1n) is 6.99. The number of rotatable bonds is 5. The molecule has 0 aliphatic heterocycles. The average molecular weight is 300 g/mol. The van der Waals surface area contributed by atoms with Crippen LogP contribution >= 0.6 is 0 Å². The highest BCUT2D eigenvalue weighted by atomic mass is 19.4. The smallest absolute Gasteiger partial charge is 0.335 e. The molecule has 1 saturated carbocycles. The van der Waals surface area contributed by atoms with Crippen LogP contribution in [0.1, 0.15) is 37.3 Å². The topological polar surface area (TPSA) is 46.3 Å². The van der Waals surface area contributed by atoms with Crippen LogP contribution in [0.5, 0.6) is 0 Å². The van der Waals surface area contributed by atoms with Crippen LogP contribution in [0.4, 0.5) is 13.2 Å². The molecule has 1 unspecified atom stereocenters. The number of nitrogens with zero attached hydrogens (tertiary/aromatic N) is 1. The molecular weight excluding hydrogens is 281 g/mol. The van der Waals surface area contributed by atoms with Gasteiger partial charge in [0.1, 0.15) is 0 Å². The molecule has 3 nitrogen and oxygen atoms in total. The van der Waals surface area contributed by atoms with Crippen LogP contribution in [0, 0.1) is 0 Å². The normalized spacial score (nSPS) is 16.6. The van der Waals surface area contributed by atoms with Crippen LogP contribution in [0.15, 0.2) is 24.3 Å². The maximum Gasteiger partial charge on any atom is 0.416 e. The number of hydrogen-bond acceptors (Lipinski definition) is 2. The predicted molar refractivity (Wildman–Crippen MR) is 73.3 cm³/mol. The second-order valence-corrected chi connectivity index (χ2v) is 5.59. The molecule has 2 rings (SSSR count). The molecule has 1 aliphatic carbocycles. The first kappa shape index (κ1) is 15.8. The third-order valence-corrected chi connectivity index (χ3v) is 3.47. The summed E-state index contributed by atoms with van der Waals surface area (Å²) in [5, 5.41) is 0. The van der Waals surface area contributed by atoms with Crippen molar-refractivity contribution >= 4 is 5.91 Å². The van der Waals surface area contributed by atoms with Gasteiger partial charge < -0.3 is 10.6 Å². The van der Waals surface area contributed by atoms with Crippen LogP contribution in [0.25, 0.3) is 0 Å². The standard InChI is InChI=1S/C15H19F3N2O/c1-10(19)8-14(21)20(12-6-7-12)9-11-4-2-3-5-13(11)15(16,17)18/h2-5,10,12H,6-9,19H2,1H3. The first-order chi connectivity index (χ1) is 9.79. The van der Waals surface area contributed by atoms with Gasteiger partial charge >= 0.3 is 6.18 Å². The Kier molecular flexibility index (Phi) is 4.56. The van der Waals surface area contributed by atoms with E-state index < -0.39 is 11.7 Å². The summed E-state index contributed by atoms with van der Waals surface area (Å²) in [6.45, 7) is 1.71. The van der Waals surface area contributed by atoms with Crippen LogP contribution in [0.3, 0.4) is 0 Å². The van der Waals surface area contributed by atoms with Crippen LogP contribution < -0.4 is 5.73 Å². The van der Waals surface area contributed by atoms with Crippen molar-refractivity contribution in [1.29, 1.82) is 0 Å². The van der Waals surface area contributed by atoms with E-state index in [1.165, 1.54) is 17.0 Å². The quantitative estimate of drug-likeness (QED) is 0.909. The number of nitrogens with two attached hydrogens (primary N) is 1. The Balaban J connectivity index is 2.20. The number of halogens is 3. The van der Waals surface area contributed by atoms with E-state index >= 15 is 0 Å². The largest absolute Gasteiger partial charge is 0.416 e. The lowest BCUT2D eigenvalue weighted by Crippen LogP contribution is -2.36. The molecule has 1 atom stereocenters. The van der Waals surface area contributed by atoms with Gasteiger partial charge in [0.15, 0.2) is 0 Å².